The molecule has 2 aliphatic heterocycles. The molecule has 190 valence electrons. The van der Waals surface area contributed by atoms with E-state index < -0.39 is 60.1 Å². The summed E-state index contributed by atoms with van der Waals surface area (Å²) in [7, 11) is 0. The first-order valence-electron chi connectivity index (χ1n) is 11.3. The maximum atomic E-state index is 13.3. The van der Waals surface area contributed by atoms with Crippen molar-refractivity contribution in [2.45, 2.75) is 77.8 Å². The smallest absolute Gasteiger partial charge is 0.303 e. The van der Waals surface area contributed by atoms with E-state index in [1.807, 2.05) is 0 Å². The molecule has 34 heavy (non-hydrogen) atoms. The van der Waals surface area contributed by atoms with Gasteiger partial charge in [-0.2, -0.15) is 0 Å². The van der Waals surface area contributed by atoms with Gasteiger partial charge in [-0.25, -0.2) is 0 Å². The average molecular weight is 485 g/mol. The summed E-state index contributed by atoms with van der Waals surface area (Å²) in [5, 5.41) is 0. The molecule has 2 saturated heterocycles. The quantitative estimate of drug-likeness (QED) is 0.323. The molecule has 0 aromatic rings. The molecule has 2 fully saturated rings. The molecule has 0 spiro atoms. The van der Waals surface area contributed by atoms with Crippen LogP contribution in [0.25, 0.3) is 0 Å². The van der Waals surface area contributed by atoms with Crippen molar-refractivity contribution in [3.63, 3.8) is 0 Å². The molecule has 0 bridgehead atoms. The van der Waals surface area contributed by atoms with Crippen LogP contribution in [-0.4, -0.2) is 96.1 Å². The highest BCUT2D eigenvalue weighted by molar-refractivity contribution is 5.87. The second-order valence-electron chi connectivity index (χ2n) is 8.27. The third-order valence-corrected chi connectivity index (χ3v) is 5.43. The highest BCUT2D eigenvalue weighted by atomic mass is 16.6. The van der Waals surface area contributed by atoms with Crippen LogP contribution in [0.15, 0.2) is 0 Å². The Morgan fingerprint density at radius 2 is 0.765 bits per heavy atom. The minimum absolute atomic E-state index is 0.391. The fourth-order valence-corrected chi connectivity index (χ4v) is 4.09. The van der Waals surface area contributed by atoms with Gasteiger partial charge in [-0.3, -0.25) is 28.8 Å². The molecule has 0 saturated carbocycles. The molecule has 0 aliphatic carbocycles. The van der Waals surface area contributed by atoms with Crippen molar-refractivity contribution in [3.05, 3.63) is 0 Å². The molecule has 12 nitrogen and oxygen atoms in total. The monoisotopic (exact) mass is 484 g/mol. The van der Waals surface area contributed by atoms with Gasteiger partial charge in [0.1, 0.15) is 0 Å². The maximum absolute atomic E-state index is 13.3. The number of esters is 4. The lowest BCUT2D eigenvalue weighted by Crippen LogP contribution is -2.59. The zero-order valence-corrected chi connectivity index (χ0v) is 19.9. The molecule has 12 heteroatoms. The number of likely N-dealkylation sites (tertiary alicyclic amines) is 2. The fourth-order valence-electron chi connectivity index (χ4n) is 4.09. The summed E-state index contributed by atoms with van der Waals surface area (Å²) >= 11 is 0. The summed E-state index contributed by atoms with van der Waals surface area (Å²) in [5.74, 6) is -4.83. The van der Waals surface area contributed by atoms with E-state index in [4.69, 9.17) is 18.9 Å². The number of nitrogens with zero attached hydrogens (tertiary/aromatic N) is 2. The minimum atomic E-state index is -1.74. The van der Waals surface area contributed by atoms with E-state index in [1.54, 1.807) is 0 Å². The van der Waals surface area contributed by atoms with Crippen LogP contribution in [0.5, 0.6) is 0 Å². The molecule has 0 aromatic heterocycles. The second-order valence-corrected chi connectivity index (χ2v) is 8.27. The van der Waals surface area contributed by atoms with E-state index in [2.05, 4.69) is 0 Å². The Morgan fingerprint density at radius 3 is 1.00 bits per heavy atom. The van der Waals surface area contributed by atoms with Crippen molar-refractivity contribution in [2.75, 3.05) is 26.2 Å². The molecule has 0 N–H and O–H groups in total. The largest absolute Gasteiger partial charge is 0.454 e. The molecule has 4 atom stereocenters. The van der Waals surface area contributed by atoms with Crippen LogP contribution in [0.2, 0.25) is 0 Å². The Morgan fingerprint density at radius 1 is 0.500 bits per heavy atom. The van der Waals surface area contributed by atoms with Crippen molar-refractivity contribution < 1.29 is 47.7 Å². The van der Waals surface area contributed by atoms with Crippen molar-refractivity contribution in [1.29, 1.82) is 0 Å². The fraction of sp³-hybridized carbons (Fsp3) is 0.727. The first-order valence-corrected chi connectivity index (χ1v) is 11.3. The summed E-state index contributed by atoms with van der Waals surface area (Å²) in [6, 6.07) is 0. The summed E-state index contributed by atoms with van der Waals surface area (Å²) in [4.78, 5) is 77.2. The van der Waals surface area contributed by atoms with Crippen LogP contribution >= 0.6 is 0 Å². The Hall–Kier alpha value is -3.18. The maximum Gasteiger partial charge on any atom is 0.303 e. The lowest BCUT2D eigenvalue weighted by atomic mass is 9.99. The average Bonchev–Trinajstić information content (AvgIpc) is 3.45. The van der Waals surface area contributed by atoms with Gasteiger partial charge < -0.3 is 28.7 Å². The summed E-state index contributed by atoms with van der Waals surface area (Å²) in [6.45, 7) is 5.79. The number of amides is 2. The van der Waals surface area contributed by atoms with Gasteiger partial charge in [0.05, 0.1) is 0 Å². The first-order chi connectivity index (χ1) is 16.0. The Balaban J connectivity index is 2.55. The molecule has 0 aromatic carbocycles. The van der Waals surface area contributed by atoms with E-state index in [9.17, 15) is 28.8 Å². The molecule has 4 unspecified atom stereocenters. The van der Waals surface area contributed by atoms with Gasteiger partial charge in [-0.05, 0) is 25.7 Å². The van der Waals surface area contributed by atoms with Gasteiger partial charge >= 0.3 is 23.9 Å². The number of rotatable bonds is 9. The van der Waals surface area contributed by atoms with Gasteiger partial charge in [0.25, 0.3) is 11.8 Å². The SMILES string of the molecule is CC(=O)OC(C(=O)N1CCCC1)C(OC(C)=O)C(OC(C)=O)C(OC(C)=O)C(=O)N1CCCC1. The molecule has 0 radical (unpaired) electrons. The second kappa shape index (κ2) is 12.3. The Labute approximate surface area is 197 Å². The number of hydrogen-bond acceptors (Lipinski definition) is 10. The van der Waals surface area contributed by atoms with E-state index in [1.165, 1.54) is 9.80 Å². The predicted molar refractivity (Wildman–Crippen MR) is 114 cm³/mol. The zero-order chi connectivity index (χ0) is 25.4. The van der Waals surface area contributed by atoms with Crippen LogP contribution in [-0.2, 0) is 47.7 Å². The van der Waals surface area contributed by atoms with E-state index in [0.717, 1.165) is 53.4 Å². The van der Waals surface area contributed by atoms with Gasteiger partial charge in [-0.15, -0.1) is 0 Å². The first kappa shape index (κ1) is 27.1. The van der Waals surface area contributed by atoms with Crippen LogP contribution in [0.1, 0.15) is 53.4 Å². The lowest BCUT2D eigenvalue weighted by molar-refractivity contribution is -0.203. The van der Waals surface area contributed by atoms with Crippen LogP contribution < -0.4 is 0 Å². The van der Waals surface area contributed by atoms with Crippen LogP contribution in [0, 0.1) is 0 Å². The highest BCUT2D eigenvalue weighted by Crippen LogP contribution is 2.24. The Kier molecular flexibility index (Phi) is 9.82. The van der Waals surface area contributed by atoms with Crippen molar-refractivity contribution in [2.24, 2.45) is 0 Å². The van der Waals surface area contributed by atoms with Gasteiger partial charge in [-0.1, -0.05) is 0 Å². The zero-order valence-electron chi connectivity index (χ0n) is 19.9. The van der Waals surface area contributed by atoms with Gasteiger partial charge in [0.2, 0.25) is 12.2 Å². The lowest BCUT2D eigenvalue weighted by Gasteiger charge is -2.36. The van der Waals surface area contributed by atoms with Gasteiger partial charge in [0, 0.05) is 53.9 Å². The third kappa shape index (κ3) is 7.42. The highest BCUT2D eigenvalue weighted by Gasteiger charge is 2.51. The standard InChI is InChI=1S/C22H32N2O10/c1-13(25)31-17(19(33-15(3)27)21(29)23-9-5-6-10-23)18(32-14(2)26)20(34-16(4)28)22(30)24-11-7-8-12-24/h17-20H,5-12H2,1-4H3. The van der Waals surface area contributed by atoms with Gasteiger partial charge in [0.15, 0.2) is 12.2 Å². The summed E-state index contributed by atoms with van der Waals surface area (Å²) in [5.41, 5.74) is 0. The normalized spacial score (nSPS) is 18.9. The van der Waals surface area contributed by atoms with Crippen molar-refractivity contribution >= 4 is 35.7 Å². The van der Waals surface area contributed by atoms with E-state index in [0.29, 0.717) is 26.2 Å². The molecular weight excluding hydrogens is 452 g/mol. The molecule has 2 amide bonds. The number of carbonyl (C=O) groups excluding carboxylic acids is 6. The summed E-state index contributed by atoms with van der Waals surface area (Å²) < 4.78 is 21.2. The van der Waals surface area contributed by atoms with Crippen molar-refractivity contribution in [3.8, 4) is 0 Å². The number of carbonyl (C=O) groups is 6. The number of hydrogen-bond donors (Lipinski definition) is 0. The minimum Gasteiger partial charge on any atom is -0.454 e. The van der Waals surface area contributed by atoms with Crippen molar-refractivity contribution in [1.82, 2.24) is 9.80 Å². The molecular formula is C22H32N2O10. The molecule has 2 rings (SSSR count). The van der Waals surface area contributed by atoms with E-state index >= 15 is 0 Å². The van der Waals surface area contributed by atoms with Crippen LogP contribution in [0.3, 0.4) is 0 Å². The predicted octanol–water partition coefficient (Wildman–Crippen LogP) is -0.0420. The number of ether oxygens (including phenoxy) is 4. The third-order valence-electron chi connectivity index (χ3n) is 5.43. The van der Waals surface area contributed by atoms with Crippen LogP contribution in [0.4, 0.5) is 0 Å². The molecule has 2 aliphatic rings. The topological polar surface area (TPSA) is 146 Å². The Bertz CT molecular complexity index is 736. The molecule has 2 heterocycles. The summed E-state index contributed by atoms with van der Waals surface area (Å²) in [6.07, 6.45) is -4.02. The van der Waals surface area contributed by atoms with E-state index in [-0.39, 0.29) is 0 Å².